The van der Waals surface area contributed by atoms with Gasteiger partial charge in [0.1, 0.15) is 0 Å². The van der Waals surface area contributed by atoms with Crippen molar-refractivity contribution in [3.63, 3.8) is 0 Å². The summed E-state index contributed by atoms with van der Waals surface area (Å²) in [6, 6.07) is 4.00. The minimum atomic E-state index is 0.632. The van der Waals surface area contributed by atoms with Crippen LogP contribution in [-0.2, 0) is 13.1 Å². The summed E-state index contributed by atoms with van der Waals surface area (Å²) in [4.78, 5) is 0. The second kappa shape index (κ2) is 8.21. The summed E-state index contributed by atoms with van der Waals surface area (Å²) in [7, 11) is 0. The number of hydrogen-bond donors (Lipinski definition) is 0. The van der Waals surface area contributed by atoms with Crippen molar-refractivity contribution < 1.29 is 4.57 Å². The molecule has 0 N–H and O–H groups in total. The lowest BCUT2D eigenvalue weighted by atomic mass is 10.1. The summed E-state index contributed by atoms with van der Waals surface area (Å²) in [5, 5.41) is 1.27. The van der Waals surface area contributed by atoms with E-state index in [0.717, 1.165) is 13.1 Å². The third-order valence-electron chi connectivity index (χ3n) is 4.43. The number of hydrogen-bond acceptors (Lipinski definition) is 0. The molecule has 2 nitrogen and oxygen atoms in total. The molecule has 1 heterocycles. The molecule has 0 unspecified atom stereocenters. The van der Waals surface area contributed by atoms with Crippen molar-refractivity contribution in [1.82, 2.24) is 4.57 Å². The Labute approximate surface area is 144 Å². The quantitative estimate of drug-likeness (QED) is 0.416. The van der Waals surface area contributed by atoms with E-state index >= 15 is 0 Å². The molecule has 0 saturated carbocycles. The second-order valence-electron chi connectivity index (χ2n) is 5.97. The smallest absolute Gasteiger partial charge is 0.228 e. The fourth-order valence-corrected chi connectivity index (χ4v) is 3.50. The van der Waals surface area contributed by atoms with Crippen LogP contribution in [0.25, 0.3) is 11.0 Å². The monoisotopic (exact) mass is 341 g/mol. The van der Waals surface area contributed by atoms with Crippen molar-refractivity contribution in [3.8, 4) is 0 Å². The highest BCUT2D eigenvalue weighted by atomic mass is 35.5. The van der Waals surface area contributed by atoms with Gasteiger partial charge in [0, 0.05) is 19.1 Å². The minimum Gasteiger partial charge on any atom is -0.228 e. The number of aryl methyl sites for hydroxylation is 2. The molecule has 0 aliphatic heterocycles. The summed E-state index contributed by atoms with van der Waals surface area (Å²) in [5.41, 5.74) is 2.38. The third-order valence-corrected chi connectivity index (χ3v) is 5.15. The van der Waals surface area contributed by atoms with Crippen molar-refractivity contribution in [2.24, 2.45) is 0 Å². The van der Waals surface area contributed by atoms with E-state index in [2.05, 4.69) is 29.9 Å². The Balaban J connectivity index is 2.18. The zero-order valence-corrected chi connectivity index (χ0v) is 15.5. The van der Waals surface area contributed by atoms with Gasteiger partial charge < -0.3 is 0 Å². The van der Waals surface area contributed by atoms with Gasteiger partial charge in [-0.3, -0.25) is 0 Å². The number of benzene rings is 1. The Morgan fingerprint density at radius 2 is 1.59 bits per heavy atom. The van der Waals surface area contributed by atoms with Gasteiger partial charge >= 0.3 is 0 Å². The number of halogens is 2. The first-order valence-electron chi connectivity index (χ1n) is 8.47. The maximum atomic E-state index is 6.23. The maximum Gasteiger partial charge on any atom is 0.254 e. The highest BCUT2D eigenvalue weighted by Gasteiger charge is 2.21. The lowest BCUT2D eigenvalue weighted by Crippen LogP contribution is -2.36. The van der Waals surface area contributed by atoms with Gasteiger partial charge in [-0.15, -0.1) is 0 Å². The van der Waals surface area contributed by atoms with E-state index in [1.807, 2.05) is 12.1 Å². The summed E-state index contributed by atoms with van der Waals surface area (Å²) >= 11 is 12.4. The van der Waals surface area contributed by atoms with E-state index in [-0.39, 0.29) is 0 Å². The van der Waals surface area contributed by atoms with E-state index in [0.29, 0.717) is 10.0 Å². The van der Waals surface area contributed by atoms with Gasteiger partial charge in [-0.1, -0.05) is 55.8 Å². The summed E-state index contributed by atoms with van der Waals surface area (Å²) in [6.07, 6.45) is 7.88. The molecular formula is C18H27Cl2N2+. The van der Waals surface area contributed by atoms with Crippen molar-refractivity contribution in [3.05, 3.63) is 28.0 Å². The van der Waals surface area contributed by atoms with Crippen LogP contribution in [0.4, 0.5) is 0 Å². The van der Waals surface area contributed by atoms with Crippen molar-refractivity contribution in [2.75, 3.05) is 0 Å². The van der Waals surface area contributed by atoms with Crippen LogP contribution in [0.1, 0.15) is 58.2 Å². The average molecular weight is 342 g/mol. The maximum absolute atomic E-state index is 6.23. The van der Waals surface area contributed by atoms with Crippen LogP contribution in [0.2, 0.25) is 10.0 Å². The lowest BCUT2D eigenvalue weighted by Gasteiger charge is -2.02. The molecule has 4 heteroatoms. The van der Waals surface area contributed by atoms with E-state index in [1.165, 1.54) is 55.4 Å². The molecule has 22 heavy (non-hydrogen) atoms. The van der Waals surface area contributed by atoms with Crippen LogP contribution < -0.4 is 4.57 Å². The number of fused-ring (bicyclic) bond motifs is 1. The molecule has 122 valence electrons. The van der Waals surface area contributed by atoms with Crippen LogP contribution in [0, 0.1) is 6.92 Å². The number of unbranched alkanes of at least 4 members (excludes halogenated alkanes) is 5. The molecule has 0 saturated heterocycles. The first kappa shape index (κ1) is 17.6. The zero-order valence-electron chi connectivity index (χ0n) is 14.0. The summed E-state index contributed by atoms with van der Waals surface area (Å²) in [5.74, 6) is 1.28. The van der Waals surface area contributed by atoms with Gasteiger partial charge in [0.05, 0.1) is 23.1 Å². The average Bonchev–Trinajstić information content (AvgIpc) is 2.75. The van der Waals surface area contributed by atoms with Crippen molar-refractivity contribution in [1.29, 1.82) is 0 Å². The standard InChI is InChI=1S/C18H27Cl2N2/c1-4-6-7-8-9-10-11-22-14(3)21(5-2)17-12-15(19)16(20)13-18(17)22/h12-13H,4-11H2,1-3H3/q+1. The largest absolute Gasteiger partial charge is 0.254 e. The SMILES string of the molecule is CCCCCCCC[n+]1c(C)n(CC)c2cc(Cl)c(Cl)cc21. The van der Waals surface area contributed by atoms with Crippen LogP contribution in [0.5, 0.6) is 0 Å². The first-order valence-corrected chi connectivity index (χ1v) is 9.23. The predicted octanol–water partition coefficient (Wildman–Crippen LogP) is 5.92. The molecule has 0 aliphatic rings. The number of aromatic nitrogens is 2. The van der Waals surface area contributed by atoms with E-state index in [1.54, 1.807) is 0 Å². The van der Waals surface area contributed by atoms with E-state index in [9.17, 15) is 0 Å². The molecule has 0 bridgehead atoms. The Hall–Kier alpha value is -0.730. The third kappa shape index (κ3) is 3.78. The highest BCUT2D eigenvalue weighted by molar-refractivity contribution is 6.42. The summed E-state index contributed by atoms with van der Waals surface area (Å²) in [6.45, 7) is 8.61. The molecule has 2 aromatic rings. The molecule has 0 fully saturated rings. The normalized spacial score (nSPS) is 11.5. The first-order chi connectivity index (χ1) is 10.6. The van der Waals surface area contributed by atoms with Gasteiger partial charge in [0.2, 0.25) is 0 Å². The Kier molecular flexibility index (Phi) is 6.58. The van der Waals surface area contributed by atoms with Crippen molar-refractivity contribution >= 4 is 34.2 Å². The van der Waals surface area contributed by atoms with Crippen LogP contribution in [0.15, 0.2) is 12.1 Å². The lowest BCUT2D eigenvalue weighted by molar-refractivity contribution is -0.678. The van der Waals surface area contributed by atoms with Gasteiger partial charge in [0.15, 0.2) is 11.0 Å². The molecule has 0 atom stereocenters. The second-order valence-corrected chi connectivity index (χ2v) is 6.78. The molecule has 0 aliphatic carbocycles. The van der Waals surface area contributed by atoms with Gasteiger partial charge in [-0.2, -0.15) is 0 Å². The number of imidazole rings is 1. The van der Waals surface area contributed by atoms with Gasteiger partial charge in [-0.05, 0) is 19.8 Å². The van der Waals surface area contributed by atoms with E-state index in [4.69, 9.17) is 23.2 Å². The van der Waals surface area contributed by atoms with Crippen LogP contribution in [0.3, 0.4) is 0 Å². The molecule has 0 amide bonds. The summed E-state index contributed by atoms with van der Waals surface area (Å²) < 4.78 is 4.70. The zero-order chi connectivity index (χ0) is 16.1. The highest BCUT2D eigenvalue weighted by Crippen LogP contribution is 2.27. The van der Waals surface area contributed by atoms with E-state index < -0.39 is 0 Å². The van der Waals surface area contributed by atoms with Crippen LogP contribution in [-0.4, -0.2) is 4.57 Å². The number of nitrogens with zero attached hydrogens (tertiary/aromatic N) is 2. The fraction of sp³-hybridized carbons (Fsp3) is 0.611. The molecule has 1 aromatic carbocycles. The fourth-order valence-electron chi connectivity index (χ4n) is 3.18. The molecule has 0 spiro atoms. The minimum absolute atomic E-state index is 0.632. The Morgan fingerprint density at radius 1 is 0.955 bits per heavy atom. The molecular weight excluding hydrogens is 315 g/mol. The predicted molar refractivity (Wildman–Crippen MR) is 95.9 cm³/mol. The van der Waals surface area contributed by atoms with Gasteiger partial charge in [-0.25, -0.2) is 9.13 Å². The van der Waals surface area contributed by atoms with Gasteiger partial charge in [0.25, 0.3) is 5.82 Å². The van der Waals surface area contributed by atoms with Crippen LogP contribution >= 0.6 is 23.2 Å². The Bertz CT molecular complexity index is 632. The Morgan fingerprint density at radius 3 is 2.27 bits per heavy atom. The molecule has 0 radical (unpaired) electrons. The molecule has 2 rings (SSSR count). The molecule has 1 aromatic heterocycles. The number of rotatable bonds is 8. The topological polar surface area (TPSA) is 8.81 Å². The van der Waals surface area contributed by atoms with Crippen molar-refractivity contribution in [2.45, 2.75) is 72.4 Å².